The maximum absolute atomic E-state index is 6.60. The number of hydrogen-bond donors (Lipinski definition) is 1. The molecule has 22 heavy (non-hydrogen) atoms. The molecule has 0 atom stereocenters. The SMILES string of the molecule is COc1cc(C2(CN)CCCCC2)c(Cl)cc1OCC1CC1. The minimum atomic E-state index is -0.00235. The molecular formula is C18H26ClNO2. The standard InChI is InChI=1S/C18H26ClNO2/c1-21-16-9-14(18(12-20)7-3-2-4-8-18)15(19)10-17(16)22-11-13-5-6-13/h9-10,13H,2-8,11-12,20H2,1H3. The van der Waals surface area contributed by atoms with E-state index in [1.54, 1.807) is 7.11 Å². The Hall–Kier alpha value is -0.930. The zero-order chi connectivity index (χ0) is 15.6. The molecule has 2 fully saturated rings. The van der Waals surface area contributed by atoms with Crippen molar-refractivity contribution in [2.45, 2.75) is 50.4 Å². The Morgan fingerprint density at radius 1 is 1.18 bits per heavy atom. The number of halogens is 1. The Balaban J connectivity index is 1.89. The molecule has 0 amide bonds. The summed E-state index contributed by atoms with van der Waals surface area (Å²) in [6.07, 6.45) is 8.47. The molecule has 2 N–H and O–H groups in total. The third-order valence-corrected chi connectivity index (χ3v) is 5.51. The van der Waals surface area contributed by atoms with Gasteiger partial charge in [0.25, 0.3) is 0 Å². The highest BCUT2D eigenvalue weighted by Crippen LogP contribution is 2.45. The summed E-state index contributed by atoms with van der Waals surface area (Å²) in [4.78, 5) is 0. The van der Waals surface area contributed by atoms with E-state index in [1.165, 1.54) is 32.1 Å². The number of ether oxygens (including phenoxy) is 2. The van der Waals surface area contributed by atoms with Crippen LogP contribution >= 0.6 is 11.6 Å². The predicted molar refractivity (Wildman–Crippen MR) is 90.0 cm³/mol. The van der Waals surface area contributed by atoms with Crippen LogP contribution in [0.15, 0.2) is 12.1 Å². The lowest BCUT2D eigenvalue weighted by Gasteiger charge is -2.37. The Morgan fingerprint density at radius 2 is 1.91 bits per heavy atom. The van der Waals surface area contributed by atoms with Crippen molar-refractivity contribution < 1.29 is 9.47 Å². The zero-order valence-electron chi connectivity index (χ0n) is 13.4. The molecule has 0 unspecified atom stereocenters. The molecule has 122 valence electrons. The summed E-state index contributed by atoms with van der Waals surface area (Å²) in [5.41, 5.74) is 7.27. The topological polar surface area (TPSA) is 44.5 Å². The number of hydrogen-bond acceptors (Lipinski definition) is 3. The van der Waals surface area contributed by atoms with E-state index < -0.39 is 0 Å². The minimum Gasteiger partial charge on any atom is -0.493 e. The first-order valence-corrected chi connectivity index (χ1v) is 8.77. The van der Waals surface area contributed by atoms with Gasteiger partial charge in [-0.15, -0.1) is 0 Å². The van der Waals surface area contributed by atoms with Crippen molar-refractivity contribution in [2.75, 3.05) is 20.3 Å². The Kier molecular flexibility index (Phi) is 4.84. The lowest BCUT2D eigenvalue weighted by Crippen LogP contribution is -2.37. The highest BCUT2D eigenvalue weighted by atomic mass is 35.5. The molecule has 1 aromatic carbocycles. The predicted octanol–water partition coefficient (Wildman–Crippen LogP) is 4.30. The van der Waals surface area contributed by atoms with Crippen LogP contribution in [0.25, 0.3) is 0 Å². The van der Waals surface area contributed by atoms with Crippen LogP contribution in [0, 0.1) is 5.92 Å². The molecule has 2 aliphatic rings. The van der Waals surface area contributed by atoms with E-state index in [2.05, 4.69) is 6.07 Å². The summed E-state index contributed by atoms with van der Waals surface area (Å²) >= 11 is 6.60. The Labute approximate surface area is 138 Å². The summed E-state index contributed by atoms with van der Waals surface area (Å²) < 4.78 is 11.5. The quantitative estimate of drug-likeness (QED) is 0.849. The highest BCUT2D eigenvalue weighted by Gasteiger charge is 2.35. The lowest BCUT2D eigenvalue weighted by atomic mass is 9.69. The first-order valence-electron chi connectivity index (χ1n) is 8.39. The fourth-order valence-corrected chi connectivity index (χ4v) is 3.87. The van der Waals surface area contributed by atoms with Crippen LogP contribution in [0.2, 0.25) is 5.02 Å². The summed E-state index contributed by atoms with van der Waals surface area (Å²) in [5.74, 6) is 2.24. The molecule has 1 aromatic rings. The molecule has 0 spiro atoms. The second kappa shape index (κ2) is 6.67. The number of methoxy groups -OCH3 is 1. The van der Waals surface area contributed by atoms with Gasteiger partial charge in [-0.05, 0) is 43.2 Å². The summed E-state index contributed by atoms with van der Waals surface area (Å²) in [6.45, 7) is 1.40. The van der Waals surface area contributed by atoms with E-state index in [-0.39, 0.29) is 5.41 Å². The van der Waals surface area contributed by atoms with Gasteiger partial charge in [0, 0.05) is 23.0 Å². The third kappa shape index (κ3) is 3.21. The van der Waals surface area contributed by atoms with Gasteiger partial charge in [-0.1, -0.05) is 30.9 Å². The van der Waals surface area contributed by atoms with Gasteiger partial charge in [-0.3, -0.25) is 0 Å². The fourth-order valence-electron chi connectivity index (χ4n) is 3.52. The molecule has 0 radical (unpaired) electrons. The Morgan fingerprint density at radius 3 is 2.50 bits per heavy atom. The van der Waals surface area contributed by atoms with Crippen molar-refractivity contribution in [1.29, 1.82) is 0 Å². The molecule has 0 aromatic heterocycles. The van der Waals surface area contributed by atoms with Crippen molar-refractivity contribution in [3.8, 4) is 11.5 Å². The lowest BCUT2D eigenvalue weighted by molar-refractivity contribution is 0.276. The van der Waals surface area contributed by atoms with Gasteiger partial charge in [0.1, 0.15) is 0 Å². The van der Waals surface area contributed by atoms with Gasteiger partial charge in [-0.25, -0.2) is 0 Å². The second-order valence-corrected chi connectivity index (χ2v) is 7.19. The monoisotopic (exact) mass is 323 g/mol. The van der Waals surface area contributed by atoms with E-state index >= 15 is 0 Å². The van der Waals surface area contributed by atoms with E-state index in [1.807, 2.05) is 6.07 Å². The van der Waals surface area contributed by atoms with Crippen LogP contribution in [0.4, 0.5) is 0 Å². The van der Waals surface area contributed by atoms with Crippen LogP contribution in [-0.4, -0.2) is 20.3 Å². The van der Waals surface area contributed by atoms with Gasteiger partial charge >= 0.3 is 0 Å². The van der Waals surface area contributed by atoms with Gasteiger partial charge in [0.05, 0.1) is 13.7 Å². The summed E-state index contributed by atoms with van der Waals surface area (Å²) in [6, 6.07) is 3.98. The average molecular weight is 324 g/mol. The first kappa shape index (κ1) is 15.9. The molecule has 0 bridgehead atoms. The van der Waals surface area contributed by atoms with Crippen LogP contribution < -0.4 is 15.2 Å². The van der Waals surface area contributed by atoms with E-state index in [0.717, 1.165) is 41.5 Å². The van der Waals surface area contributed by atoms with E-state index in [0.29, 0.717) is 12.5 Å². The van der Waals surface area contributed by atoms with Crippen LogP contribution in [-0.2, 0) is 5.41 Å². The van der Waals surface area contributed by atoms with Crippen molar-refractivity contribution in [3.63, 3.8) is 0 Å². The second-order valence-electron chi connectivity index (χ2n) is 6.78. The van der Waals surface area contributed by atoms with Crippen molar-refractivity contribution in [2.24, 2.45) is 11.7 Å². The van der Waals surface area contributed by atoms with Crippen molar-refractivity contribution >= 4 is 11.6 Å². The average Bonchev–Trinajstić information content (AvgIpc) is 3.38. The van der Waals surface area contributed by atoms with Gasteiger partial charge in [-0.2, -0.15) is 0 Å². The molecule has 4 heteroatoms. The minimum absolute atomic E-state index is 0.00235. The number of nitrogens with two attached hydrogens (primary N) is 1. The first-order chi connectivity index (χ1) is 10.7. The van der Waals surface area contributed by atoms with Crippen LogP contribution in [0.5, 0.6) is 11.5 Å². The largest absolute Gasteiger partial charge is 0.493 e. The Bertz CT molecular complexity index is 522. The smallest absolute Gasteiger partial charge is 0.162 e. The molecule has 3 nitrogen and oxygen atoms in total. The van der Waals surface area contributed by atoms with Crippen molar-refractivity contribution in [1.82, 2.24) is 0 Å². The highest BCUT2D eigenvalue weighted by molar-refractivity contribution is 6.31. The summed E-state index contributed by atoms with van der Waals surface area (Å²) in [5, 5.41) is 0.763. The van der Waals surface area contributed by atoms with Gasteiger partial charge < -0.3 is 15.2 Å². The van der Waals surface area contributed by atoms with Crippen LogP contribution in [0.3, 0.4) is 0 Å². The van der Waals surface area contributed by atoms with E-state index in [4.69, 9.17) is 26.8 Å². The molecular weight excluding hydrogens is 298 g/mol. The van der Waals surface area contributed by atoms with E-state index in [9.17, 15) is 0 Å². The zero-order valence-corrected chi connectivity index (χ0v) is 14.1. The number of benzene rings is 1. The van der Waals surface area contributed by atoms with Crippen molar-refractivity contribution in [3.05, 3.63) is 22.7 Å². The third-order valence-electron chi connectivity index (χ3n) is 5.20. The normalized spacial score (nSPS) is 20.7. The molecule has 0 saturated heterocycles. The van der Waals surface area contributed by atoms with Crippen LogP contribution in [0.1, 0.15) is 50.5 Å². The number of rotatable bonds is 6. The maximum Gasteiger partial charge on any atom is 0.162 e. The van der Waals surface area contributed by atoms with Gasteiger partial charge in [0.2, 0.25) is 0 Å². The molecule has 3 rings (SSSR count). The molecule has 2 aliphatic carbocycles. The molecule has 0 heterocycles. The molecule has 0 aliphatic heterocycles. The van der Waals surface area contributed by atoms with Gasteiger partial charge in [0.15, 0.2) is 11.5 Å². The molecule has 2 saturated carbocycles. The summed E-state index contributed by atoms with van der Waals surface area (Å²) in [7, 11) is 1.69. The maximum atomic E-state index is 6.60. The fraction of sp³-hybridized carbons (Fsp3) is 0.667.